The maximum atomic E-state index is 13.4. The average molecular weight is 441 g/mol. The fraction of sp³-hybridized carbons (Fsp3) is 0.0417. The molecule has 29 heavy (non-hydrogen) atoms. The number of hydrogen-bond donors (Lipinski definition) is 0. The summed E-state index contributed by atoms with van der Waals surface area (Å²) in [6, 6.07) is 20.6. The second-order valence-electron chi connectivity index (χ2n) is 6.74. The fourth-order valence-corrected chi connectivity index (χ4v) is 3.84. The van der Waals surface area contributed by atoms with Gasteiger partial charge in [-0.25, -0.2) is 0 Å². The van der Waals surface area contributed by atoms with Crippen LogP contribution in [0.5, 0.6) is 0 Å². The van der Waals surface area contributed by atoms with E-state index in [9.17, 15) is 4.79 Å². The van der Waals surface area contributed by atoms with E-state index in [0.717, 1.165) is 22.4 Å². The molecule has 0 saturated heterocycles. The Labute approximate surface area is 184 Å². The molecule has 0 aliphatic carbocycles. The minimum atomic E-state index is -0.144. The first-order valence-electron chi connectivity index (χ1n) is 8.98. The van der Waals surface area contributed by atoms with Gasteiger partial charge in [-0.3, -0.25) is 9.69 Å². The minimum Gasteiger partial charge on any atom is -0.276 e. The van der Waals surface area contributed by atoms with Crippen LogP contribution in [0, 0.1) is 6.92 Å². The molecule has 0 atom stereocenters. The van der Waals surface area contributed by atoms with Gasteiger partial charge < -0.3 is 0 Å². The Morgan fingerprint density at radius 1 is 0.862 bits per heavy atom. The van der Waals surface area contributed by atoms with Gasteiger partial charge >= 0.3 is 0 Å². The molecule has 0 unspecified atom stereocenters. The van der Waals surface area contributed by atoms with Crippen LogP contribution in [0.1, 0.15) is 16.7 Å². The van der Waals surface area contributed by atoms with E-state index in [2.05, 4.69) is 0 Å². The van der Waals surface area contributed by atoms with Gasteiger partial charge in [0.1, 0.15) is 0 Å². The van der Waals surface area contributed by atoms with E-state index in [1.807, 2.05) is 61.5 Å². The Kier molecular flexibility index (Phi) is 5.51. The molecule has 0 N–H and O–H groups in total. The maximum absolute atomic E-state index is 13.4. The third kappa shape index (κ3) is 3.97. The normalized spacial score (nSPS) is 15.2. The van der Waals surface area contributed by atoms with Crippen molar-refractivity contribution in [3.8, 4) is 0 Å². The van der Waals surface area contributed by atoms with E-state index in [1.165, 1.54) is 0 Å². The van der Waals surface area contributed by atoms with Crippen LogP contribution < -0.4 is 4.90 Å². The molecule has 3 aromatic carbocycles. The maximum Gasteiger partial charge on any atom is 0.262 e. The molecule has 0 bridgehead atoms. The van der Waals surface area contributed by atoms with Gasteiger partial charge in [0.25, 0.3) is 5.91 Å². The van der Waals surface area contributed by atoms with Gasteiger partial charge in [0, 0.05) is 20.6 Å². The second kappa shape index (κ2) is 8.08. The quantitative estimate of drug-likeness (QED) is 0.388. The van der Waals surface area contributed by atoms with Crippen LogP contribution in [0.25, 0.3) is 11.8 Å². The number of rotatable bonds is 3. The molecule has 1 aliphatic heterocycles. The lowest BCUT2D eigenvalue weighted by molar-refractivity contribution is -0.113. The molecule has 0 aromatic heterocycles. The number of aryl methyl sites for hydroxylation is 1. The van der Waals surface area contributed by atoms with Crippen molar-refractivity contribution in [1.29, 1.82) is 0 Å². The van der Waals surface area contributed by atoms with Crippen LogP contribution in [0.15, 0.2) is 78.4 Å². The van der Waals surface area contributed by atoms with Crippen LogP contribution in [-0.4, -0.2) is 5.91 Å². The summed E-state index contributed by atoms with van der Waals surface area (Å²) < 4.78 is 0. The molecule has 5 heteroatoms. The molecule has 0 spiro atoms. The van der Waals surface area contributed by atoms with E-state index in [4.69, 9.17) is 34.8 Å². The lowest BCUT2D eigenvalue weighted by Crippen LogP contribution is -2.25. The number of benzene rings is 3. The molecule has 0 saturated carbocycles. The van der Waals surface area contributed by atoms with E-state index >= 15 is 0 Å². The third-order valence-electron chi connectivity index (χ3n) is 4.74. The summed E-state index contributed by atoms with van der Waals surface area (Å²) in [5, 5.41) is 1.65. The van der Waals surface area contributed by atoms with Gasteiger partial charge in [-0.2, -0.15) is 0 Å². The van der Waals surface area contributed by atoms with E-state index in [0.29, 0.717) is 26.3 Å². The van der Waals surface area contributed by atoms with E-state index < -0.39 is 0 Å². The zero-order chi connectivity index (χ0) is 20.5. The first kappa shape index (κ1) is 19.8. The standard InChI is InChI=1S/C24H16Cl3NO/c1-15-7-10-20(14-21(15)26)28-23(16-5-3-2-4-6-16)12-18(24(28)29)11-17-8-9-19(25)13-22(17)27/h2-14H,1H3/b18-11+. The van der Waals surface area contributed by atoms with Crippen molar-refractivity contribution in [2.75, 3.05) is 4.90 Å². The molecule has 1 heterocycles. The zero-order valence-corrected chi connectivity index (χ0v) is 17.8. The Bertz CT molecular complexity index is 1170. The molecule has 1 aliphatic rings. The fourth-order valence-electron chi connectivity index (χ4n) is 3.20. The number of carbonyl (C=O) groups excluding carboxylic acids is 1. The lowest BCUT2D eigenvalue weighted by Gasteiger charge is -2.21. The summed E-state index contributed by atoms with van der Waals surface area (Å²) in [6.07, 6.45) is 3.65. The van der Waals surface area contributed by atoms with Crippen LogP contribution >= 0.6 is 34.8 Å². The summed E-state index contributed by atoms with van der Waals surface area (Å²) in [7, 11) is 0. The average Bonchev–Trinajstić information content (AvgIpc) is 3.03. The molecule has 0 fully saturated rings. The van der Waals surface area contributed by atoms with Crippen LogP contribution in [0.3, 0.4) is 0 Å². The summed E-state index contributed by atoms with van der Waals surface area (Å²) in [5.74, 6) is -0.144. The molecule has 0 radical (unpaired) electrons. The minimum absolute atomic E-state index is 0.144. The molecular weight excluding hydrogens is 425 g/mol. The van der Waals surface area contributed by atoms with Gasteiger partial charge in [0.2, 0.25) is 0 Å². The first-order chi connectivity index (χ1) is 13.9. The summed E-state index contributed by atoms with van der Waals surface area (Å²) in [4.78, 5) is 15.0. The highest BCUT2D eigenvalue weighted by atomic mass is 35.5. The van der Waals surface area contributed by atoms with Crippen molar-refractivity contribution in [2.45, 2.75) is 6.92 Å². The number of nitrogens with zero attached hydrogens (tertiary/aromatic N) is 1. The smallest absolute Gasteiger partial charge is 0.262 e. The van der Waals surface area contributed by atoms with Gasteiger partial charge in [-0.05, 0) is 60.0 Å². The Morgan fingerprint density at radius 3 is 2.31 bits per heavy atom. The zero-order valence-electron chi connectivity index (χ0n) is 15.5. The van der Waals surface area contributed by atoms with E-state index in [1.54, 1.807) is 29.2 Å². The van der Waals surface area contributed by atoms with Gasteiger partial charge in [0.05, 0.1) is 11.4 Å². The number of amides is 1. The molecule has 4 rings (SSSR count). The topological polar surface area (TPSA) is 20.3 Å². The summed E-state index contributed by atoms with van der Waals surface area (Å²) in [5.41, 5.74) is 4.65. The number of anilines is 1. The molecule has 1 amide bonds. The molecular formula is C24H16Cl3NO. The van der Waals surface area contributed by atoms with Crippen molar-refractivity contribution in [1.82, 2.24) is 0 Å². The van der Waals surface area contributed by atoms with Crippen molar-refractivity contribution >= 4 is 58.2 Å². The first-order valence-corrected chi connectivity index (χ1v) is 10.1. The van der Waals surface area contributed by atoms with Gasteiger partial charge in [-0.15, -0.1) is 0 Å². The highest BCUT2D eigenvalue weighted by Crippen LogP contribution is 2.37. The predicted molar refractivity (Wildman–Crippen MR) is 123 cm³/mol. The van der Waals surface area contributed by atoms with Gasteiger partial charge in [-0.1, -0.05) is 77.3 Å². The molecule has 3 aromatic rings. The van der Waals surface area contributed by atoms with Crippen LogP contribution in [-0.2, 0) is 4.79 Å². The van der Waals surface area contributed by atoms with Crippen molar-refractivity contribution in [3.05, 3.63) is 110 Å². The monoisotopic (exact) mass is 439 g/mol. The largest absolute Gasteiger partial charge is 0.276 e. The lowest BCUT2D eigenvalue weighted by atomic mass is 10.1. The number of hydrogen-bond acceptors (Lipinski definition) is 1. The second-order valence-corrected chi connectivity index (χ2v) is 7.99. The summed E-state index contributed by atoms with van der Waals surface area (Å²) in [6.45, 7) is 1.93. The van der Waals surface area contributed by atoms with E-state index in [-0.39, 0.29) is 5.91 Å². The van der Waals surface area contributed by atoms with Crippen molar-refractivity contribution in [3.63, 3.8) is 0 Å². The predicted octanol–water partition coefficient (Wildman–Crippen LogP) is 7.43. The highest BCUT2D eigenvalue weighted by molar-refractivity contribution is 6.36. The molecule has 144 valence electrons. The van der Waals surface area contributed by atoms with Crippen molar-refractivity contribution in [2.24, 2.45) is 0 Å². The van der Waals surface area contributed by atoms with Crippen molar-refractivity contribution < 1.29 is 4.79 Å². The third-order valence-corrected chi connectivity index (χ3v) is 5.71. The van der Waals surface area contributed by atoms with Gasteiger partial charge in [0.15, 0.2) is 0 Å². The summed E-state index contributed by atoms with van der Waals surface area (Å²) >= 11 is 18.6. The number of halogens is 3. The van der Waals surface area contributed by atoms with Crippen LogP contribution in [0.2, 0.25) is 15.1 Å². The highest BCUT2D eigenvalue weighted by Gasteiger charge is 2.30. The Morgan fingerprint density at radius 2 is 1.62 bits per heavy atom. The number of carbonyl (C=O) groups is 1. The molecule has 2 nitrogen and oxygen atoms in total. The van der Waals surface area contributed by atoms with Crippen LogP contribution in [0.4, 0.5) is 5.69 Å². The Hall–Kier alpha value is -2.52. The Balaban J connectivity index is 1.84. The SMILES string of the molecule is Cc1ccc(N2C(=O)/C(=C/c3ccc(Cl)cc3Cl)C=C2c2ccccc2)cc1Cl.